The summed E-state index contributed by atoms with van der Waals surface area (Å²) in [4.78, 5) is 45.6. The first-order valence-electron chi connectivity index (χ1n) is 13.7. The van der Waals surface area contributed by atoms with E-state index in [1.54, 1.807) is 6.92 Å². The third-order valence-corrected chi connectivity index (χ3v) is 5.54. The summed E-state index contributed by atoms with van der Waals surface area (Å²) in [6.45, 7) is 2.52. The Morgan fingerprint density at radius 1 is 0.659 bits per heavy atom. The number of carbonyl (C=O) groups is 2. The quantitative estimate of drug-likeness (QED) is 0.0391. The van der Waals surface area contributed by atoms with E-state index < -0.39 is 39.1 Å². The Balaban J connectivity index is -0.00000840. The van der Waals surface area contributed by atoms with Crippen molar-refractivity contribution >= 4 is 19.8 Å². The van der Waals surface area contributed by atoms with Gasteiger partial charge in [-0.1, -0.05) is 77.1 Å². The van der Waals surface area contributed by atoms with Crippen LogP contribution >= 0.6 is 7.82 Å². The molecular formula is C33H35Na2O8P. The molecule has 0 aliphatic rings. The molecular weight excluding hydrogens is 601 g/mol. The fourth-order valence-corrected chi connectivity index (χ4v) is 3.48. The van der Waals surface area contributed by atoms with E-state index in [0.29, 0.717) is 6.42 Å². The molecule has 0 aromatic heterocycles. The van der Waals surface area contributed by atoms with Crippen LogP contribution in [0.1, 0.15) is 90.9 Å². The smallest absolute Gasteiger partial charge is 0.790 e. The van der Waals surface area contributed by atoms with Crippen LogP contribution < -0.4 is 68.9 Å². The topological polar surface area (TPSA) is 125 Å². The Bertz CT molecular complexity index is 1340. The zero-order valence-electron chi connectivity index (χ0n) is 26.2. The van der Waals surface area contributed by atoms with Gasteiger partial charge in [0.05, 0.1) is 14.4 Å². The molecule has 44 heavy (non-hydrogen) atoms. The summed E-state index contributed by atoms with van der Waals surface area (Å²) in [6, 6.07) is 0. The molecule has 11 heteroatoms. The molecule has 222 valence electrons. The molecule has 8 nitrogen and oxygen atoms in total. The molecule has 0 bridgehead atoms. The largest absolute Gasteiger partial charge is 1.00 e. The average Bonchev–Trinajstić information content (AvgIpc) is 2.95. The van der Waals surface area contributed by atoms with Crippen molar-refractivity contribution in [1.29, 1.82) is 0 Å². The number of esters is 2. The van der Waals surface area contributed by atoms with Gasteiger partial charge in [0.15, 0.2) is 6.10 Å². The number of phosphoric ester groups is 1. The number of phosphoric acid groups is 1. The van der Waals surface area contributed by atoms with E-state index in [2.05, 4.69) is 94.3 Å². The monoisotopic (exact) mass is 636 g/mol. The van der Waals surface area contributed by atoms with Crippen molar-refractivity contribution in [3.8, 4) is 82.9 Å². The molecule has 0 heterocycles. The summed E-state index contributed by atoms with van der Waals surface area (Å²) in [6.07, 6.45) is 11.1. The fourth-order valence-electron chi connectivity index (χ4n) is 3.13. The average molecular weight is 637 g/mol. The molecule has 0 radical (unpaired) electrons. The summed E-state index contributed by atoms with van der Waals surface area (Å²) < 4.78 is 25.0. The molecule has 0 amide bonds. The van der Waals surface area contributed by atoms with Crippen LogP contribution in [0.15, 0.2) is 0 Å². The fraction of sp³-hybridized carbons (Fsp3) is 0.515. The van der Waals surface area contributed by atoms with Gasteiger partial charge in [-0.05, 0) is 84.4 Å². The van der Waals surface area contributed by atoms with Crippen LogP contribution in [-0.2, 0) is 28.2 Å². The third kappa shape index (κ3) is 36.2. The van der Waals surface area contributed by atoms with Crippen LogP contribution in [0.25, 0.3) is 0 Å². The van der Waals surface area contributed by atoms with E-state index in [9.17, 15) is 23.9 Å². The second-order valence-electron chi connectivity index (χ2n) is 8.61. The van der Waals surface area contributed by atoms with E-state index >= 15 is 0 Å². The van der Waals surface area contributed by atoms with Crippen molar-refractivity contribution in [1.82, 2.24) is 0 Å². The maximum atomic E-state index is 12.2. The first-order chi connectivity index (χ1) is 20.3. The minimum absolute atomic E-state index is 0. The molecule has 1 atom stereocenters. The van der Waals surface area contributed by atoms with Gasteiger partial charge in [-0.3, -0.25) is 4.79 Å². The predicted octanol–water partition coefficient (Wildman–Crippen LogP) is -2.96. The molecule has 0 fully saturated rings. The Kier molecular flexibility index (Phi) is 35.7. The SMILES string of the molecule is CC#CC#CC#CC#CC#CC#CC#CC(=O)OC[C@@H](COP(=O)([O-])[O-])OC(=O)CCCCCCCCCCCCC.[Na+].[Na+]. The minimum atomic E-state index is -5.32. The summed E-state index contributed by atoms with van der Waals surface area (Å²) in [5.41, 5.74) is 0. The molecule has 0 aliphatic heterocycles. The molecule has 0 aromatic carbocycles. The molecule has 0 unspecified atom stereocenters. The van der Waals surface area contributed by atoms with Gasteiger partial charge >= 0.3 is 71.1 Å². The summed E-state index contributed by atoms with van der Waals surface area (Å²) in [5.74, 6) is 32.0. The third-order valence-electron chi connectivity index (χ3n) is 5.08. The Labute approximate surface area is 307 Å². The van der Waals surface area contributed by atoms with Crippen LogP contribution in [-0.4, -0.2) is 31.3 Å². The van der Waals surface area contributed by atoms with E-state index in [1.165, 1.54) is 44.9 Å². The normalized spacial score (nSPS) is 9.27. The number of ether oxygens (including phenoxy) is 2. The van der Waals surface area contributed by atoms with Gasteiger partial charge in [0.2, 0.25) is 0 Å². The second-order valence-corrected chi connectivity index (χ2v) is 9.77. The summed E-state index contributed by atoms with van der Waals surface area (Å²) in [7, 11) is -5.32. The number of carbonyl (C=O) groups excluding carboxylic acids is 2. The summed E-state index contributed by atoms with van der Waals surface area (Å²) >= 11 is 0. The molecule has 0 spiro atoms. The maximum Gasteiger partial charge on any atom is 1.00 e. The molecule has 0 saturated heterocycles. The van der Waals surface area contributed by atoms with Crippen LogP contribution in [0.4, 0.5) is 0 Å². The first kappa shape index (κ1) is 46.4. The van der Waals surface area contributed by atoms with E-state index in [4.69, 9.17) is 9.47 Å². The van der Waals surface area contributed by atoms with E-state index in [1.807, 2.05) is 0 Å². The number of hydrogen-bond donors (Lipinski definition) is 0. The van der Waals surface area contributed by atoms with Gasteiger partial charge in [0, 0.05) is 12.3 Å². The summed E-state index contributed by atoms with van der Waals surface area (Å²) in [5, 5.41) is 0. The van der Waals surface area contributed by atoms with Gasteiger partial charge in [0.1, 0.15) is 6.61 Å². The molecule has 0 rings (SSSR count). The Morgan fingerprint density at radius 2 is 1.09 bits per heavy atom. The standard InChI is InChI=1S/C33H37O8P.2Na/c1-3-5-7-9-11-13-15-16-18-19-21-23-25-27-32(34)39-29-31(30-40-42(36,37)38)41-33(35)28-26-24-22-20-17-14-12-10-8-6-4-2;;/h31H,4,6,8,10,12,14,17,20,22,24,26,28-30H2,1-2H3,(H2,36,37,38);;/q;2*+1/p-2/t31-;;/m0../s1. The van der Waals surface area contributed by atoms with E-state index in [-0.39, 0.29) is 65.5 Å². The molecule has 0 N–H and O–H groups in total. The number of rotatable bonds is 18. The maximum absolute atomic E-state index is 12.2. The van der Waals surface area contributed by atoms with Crippen LogP contribution in [0.5, 0.6) is 0 Å². The Morgan fingerprint density at radius 3 is 1.55 bits per heavy atom. The van der Waals surface area contributed by atoms with Gasteiger partial charge in [-0.25, -0.2) is 4.79 Å². The van der Waals surface area contributed by atoms with Crippen molar-refractivity contribution < 1.29 is 97.1 Å². The zero-order chi connectivity index (χ0) is 31.2. The number of unbranched alkanes of at least 4 members (excludes halogenated alkanes) is 10. The van der Waals surface area contributed by atoms with Gasteiger partial charge in [-0.2, -0.15) is 0 Å². The van der Waals surface area contributed by atoms with Crippen molar-refractivity contribution in [2.24, 2.45) is 0 Å². The van der Waals surface area contributed by atoms with Crippen LogP contribution in [0.3, 0.4) is 0 Å². The Hall–Kier alpha value is -2.03. The molecule has 0 aliphatic carbocycles. The first-order valence-corrected chi connectivity index (χ1v) is 15.2. The van der Waals surface area contributed by atoms with Crippen LogP contribution in [0.2, 0.25) is 0 Å². The van der Waals surface area contributed by atoms with Gasteiger partial charge < -0.3 is 28.3 Å². The van der Waals surface area contributed by atoms with E-state index in [0.717, 1.165) is 19.3 Å². The zero-order valence-corrected chi connectivity index (χ0v) is 31.1. The molecule has 0 saturated carbocycles. The van der Waals surface area contributed by atoms with Crippen LogP contribution in [0, 0.1) is 82.9 Å². The molecule has 0 aromatic rings. The predicted molar refractivity (Wildman–Crippen MR) is 156 cm³/mol. The van der Waals surface area contributed by atoms with Gasteiger partial charge in [-0.15, -0.1) is 0 Å². The van der Waals surface area contributed by atoms with Crippen molar-refractivity contribution in [2.75, 3.05) is 13.2 Å². The number of hydrogen-bond acceptors (Lipinski definition) is 8. The van der Waals surface area contributed by atoms with Crippen molar-refractivity contribution in [3.63, 3.8) is 0 Å². The van der Waals surface area contributed by atoms with Crippen molar-refractivity contribution in [2.45, 2.75) is 97.0 Å². The van der Waals surface area contributed by atoms with Gasteiger partial charge in [0.25, 0.3) is 0 Å². The minimum Gasteiger partial charge on any atom is -0.790 e. The van der Waals surface area contributed by atoms with Crippen molar-refractivity contribution in [3.05, 3.63) is 0 Å². The second kappa shape index (κ2) is 33.9.